The highest BCUT2D eigenvalue weighted by molar-refractivity contribution is 7.91. The molecule has 0 amide bonds. The summed E-state index contributed by atoms with van der Waals surface area (Å²) in [5.74, 6) is 0. The lowest BCUT2D eigenvalue weighted by Gasteiger charge is -2.12. The molecule has 0 unspecified atom stereocenters. The van der Waals surface area contributed by atoms with E-state index in [9.17, 15) is 16.8 Å². The van der Waals surface area contributed by atoms with Crippen LogP contribution in [0.15, 0.2) is 46.2 Å². The van der Waals surface area contributed by atoms with Crippen molar-refractivity contribution in [3.05, 3.63) is 52.0 Å². The monoisotopic (exact) mass is 435 g/mol. The Morgan fingerprint density at radius 3 is 2.19 bits per heavy atom. The van der Waals surface area contributed by atoms with Gasteiger partial charge in [-0.3, -0.25) is 0 Å². The number of halogens is 2. The second-order valence-corrected chi connectivity index (χ2v) is 10.8. The normalized spacial score (nSPS) is 12.2. The molecular formula is C17H19Cl2NO4S2. The van der Waals surface area contributed by atoms with E-state index < -0.39 is 19.7 Å². The third-order valence-electron chi connectivity index (χ3n) is 3.73. The van der Waals surface area contributed by atoms with Gasteiger partial charge in [-0.2, -0.15) is 0 Å². The SMILES string of the molecule is CS(=O)(=O)c1ccc(NCCCc2ccc(Cl)cc2Cl)c(S(C)(=O)=O)c1. The predicted octanol–water partition coefficient (Wildman–Crippen LogP) is 3.85. The van der Waals surface area contributed by atoms with Crippen molar-refractivity contribution in [3.8, 4) is 0 Å². The molecular weight excluding hydrogens is 417 g/mol. The minimum absolute atomic E-state index is 0.0311. The Kier molecular flexibility index (Phi) is 6.60. The lowest BCUT2D eigenvalue weighted by atomic mass is 10.1. The van der Waals surface area contributed by atoms with Crippen LogP contribution in [0.5, 0.6) is 0 Å². The lowest BCUT2D eigenvalue weighted by Crippen LogP contribution is -2.10. The van der Waals surface area contributed by atoms with Crippen molar-refractivity contribution in [2.24, 2.45) is 0 Å². The summed E-state index contributed by atoms with van der Waals surface area (Å²) >= 11 is 12.0. The molecule has 0 aliphatic carbocycles. The van der Waals surface area contributed by atoms with Crippen molar-refractivity contribution in [2.75, 3.05) is 24.4 Å². The molecule has 0 aliphatic rings. The third-order valence-corrected chi connectivity index (χ3v) is 6.57. The fourth-order valence-electron chi connectivity index (χ4n) is 2.41. The van der Waals surface area contributed by atoms with Crippen LogP contribution in [0.3, 0.4) is 0 Å². The van der Waals surface area contributed by atoms with Crippen molar-refractivity contribution >= 4 is 48.6 Å². The van der Waals surface area contributed by atoms with Gasteiger partial charge in [-0.1, -0.05) is 29.3 Å². The molecule has 26 heavy (non-hydrogen) atoms. The van der Waals surface area contributed by atoms with Gasteiger partial charge in [0.15, 0.2) is 19.7 Å². The Labute approximate surface area is 164 Å². The second-order valence-electron chi connectivity index (χ2n) is 5.97. The van der Waals surface area contributed by atoms with Crippen molar-refractivity contribution in [1.82, 2.24) is 0 Å². The molecule has 9 heteroatoms. The molecule has 5 nitrogen and oxygen atoms in total. The van der Waals surface area contributed by atoms with Crippen LogP contribution >= 0.6 is 23.2 Å². The summed E-state index contributed by atoms with van der Waals surface area (Å²) < 4.78 is 47.3. The van der Waals surface area contributed by atoms with Gasteiger partial charge in [0.05, 0.1) is 15.5 Å². The second kappa shape index (κ2) is 8.17. The van der Waals surface area contributed by atoms with Gasteiger partial charge in [-0.15, -0.1) is 0 Å². The van der Waals surface area contributed by atoms with E-state index in [1.54, 1.807) is 12.1 Å². The zero-order chi connectivity index (χ0) is 19.5. The molecule has 1 N–H and O–H groups in total. The maximum absolute atomic E-state index is 12.0. The van der Waals surface area contributed by atoms with Crippen molar-refractivity contribution in [3.63, 3.8) is 0 Å². The van der Waals surface area contributed by atoms with E-state index in [4.69, 9.17) is 23.2 Å². The highest BCUT2D eigenvalue weighted by Gasteiger charge is 2.17. The first-order valence-corrected chi connectivity index (χ1v) is 12.2. The molecule has 0 aromatic heterocycles. The third kappa shape index (κ3) is 5.61. The van der Waals surface area contributed by atoms with Gasteiger partial charge >= 0.3 is 0 Å². The maximum atomic E-state index is 12.0. The highest BCUT2D eigenvalue weighted by Crippen LogP contribution is 2.26. The number of rotatable bonds is 7. The van der Waals surface area contributed by atoms with Crippen molar-refractivity contribution < 1.29 is 16.8 Å². The van der Waals surface area contributed by atoms with Gasteiger partial charge in [0.25, 0.3) is 0 Å². The van der Waals surface area contributed by atoms with E-state index in [-0.39, 0.29) is 9.79 Å². The summed E-state index contributed by atoms with van der Waals surface area (Å²) in [4.78, 5) is -0.0682. The Bertz CT molecular complexity index is 1020. The molecule has 0 radical (unpaired) electrons. The van der Waals surface area contributed by atoms with E-state index >= 15 is 0 Å². The molecule has 0 atom stereocenters. The molecule has 2 rings (SSSR count). The molecule has 0 bridgehead atoms. The molecule has 0 saturated heterocycles. The van der Waals surface area contributed by atoms with Crippen LogP contribution in [0.4, 0.5) is 5.69 Å². The number of sulfone groups is 2. The largest absolute Gasteiger partial charge is 0.384 e. The predicted molar refractivity (Wildman–Crippen MR) is 106 cm³/mol. The number of benzene rings is 2. The van der Waals surface area contributed by atoms with Gasteiger partial charge < -0.3 is 5.32 Å². The van der Waals surface area contributed by atoms with Crippen LogP contribution in [-0.2, 0) is 26.1 Å². The van der Waals surface area contributed by atoms with Crippen molar-refractivity contribution in [2.45, 2.75) is 22.6 Å². The zero-order valence-electron chi connectivity index (χ0n) is 14.3. The number of nitrogens with one attached hydrogen (secondary N) is 1. The summed E-state index contributed by atoms with van der Waals surface area (Å²) in [7, 11) is -7.07. The molecule has 2 aromatic carbocycles. The van der Waals surface area contributed by atoms with E-state index in [0.29, 0.717) is 35.1 Å². The van der Waals surface area contributed by atoms with Gasteiger partial charge in [0.2, 0.25) is 0 Å². The number of aryl methyl sites for hydroxylation is 1. The fraction of sp³-hybridized carbons (Fsp3) is 0.294. The first-order chi connectivity index (χ1) is 12.0. The zero-order valence-corrected chi connectivity index (χ0v) is 17.4. The summed E-state index contributed by atoms with van der Waals surface area (Å²) in [6.07, 6.45) is 3.49. The molecule has 0 fully saturated rings. The standard InChI is InChI=1S/C17H19Cl2NO4S2/c1-25(21,22)14-7-8-16(17(11-14)26(2,23)24)20-9-3-4-12-5-6-13(18)10-15(12)19/h5-8,10-11,20H,3-4,9H2,1-2H3. The topological polar surface area (TPSA) is 80.3 Å². The minimum atomic E-state index is -3.58. The molecule has 0 saturated carbocycles. The summed E-state index contributed by atoms with van der Waals surface area (Å²) in [5, 5.41) is 4.22. The van der Waals surface area contributed by atoms with E-state index in [0.717, 1.165) is 18.1 Å². The van der Waals surface area contributed by atoms with Crippen LogP contribution in [-0.4, -0.2) is 35.9 Å². The van der Waals surface area contributed by atoms with Crippen LogP contribution in [0.1, 0.15) is 12.0 Å². The Morgan fingerprint density at radius 1 is 0.923 bits per heavy atom. The van der Waals surface area contributed by atoms with Gasteiger partial charge in [0.1, 0.15) is 0 Å². The van der Waals surface area contributed by atoms with E-state index in [1.165, 1.54) is 18.2 Å². The maximum Gasteiger partial charge on any atom is 0.177 e. The molecule has 0 aliphatic heterocycles. The fourth-order valence-corrected chi connectivity index (χ4v) is 4.52. The first kappa shape index (κ1) is 21.0. The lowest BCUT2D eigenvalue weighted by molar-refractivity contribution is 0.600. The smallest absolute Gasteiger partial charge is 0.177 e. The molecule has 2 aromatic rings. The Hall–Kier alpha value is -1.28. The van der Waals surface area contributed by atoms with Crippen LogP contribution < -0.4 is 5.32 Å². The van der Waals surface area contributed by atoms with Crippen molar-refractivity contribution in [1.29, 1.82) is 0 Å². The van der Waals surface area contributed by atoms with E-state index in [1.807, 2.05) is 6.07 Å². The average molecular weight is 436 g/mol. The van der Waals surface area contributed by atoms with Gasteiger partial charge in [-0.05, 0) is 48.7 Å². The van der Waals surface area contributed by atoms with Crippen LogP contribution in [0.2, 0.25) is 10.0 Å². The number of anilines is 1. The molecule has 0 heterocycles. The summed E-state index contributed by atoms with van der Waals surface area (Å²) in [5.41, 5.74) is 1.33. The highest BCUT2D eigenvalue weighted by atomic mass is 35.5. The van der Waals surface area contributed by atoms with Gasteiger partial charge in [0, 0.05) is 29.1 Å². The van der Waals surface area contributed by atoms with Crippen LogP contribution in [0.25, 0.3) is 0 Å². The Balaban J connectivity index is 2.11. The average Bonchev–Trinajstić information content (AvgIpc) is 2.51. The molecule has 142 valence electrons. The van der Waals surface area contributed by atoms with E-state index in [2.05, 4.69) is 5.32 Å². The molecule has 0 spiro atoms. The minimum Gasteiger partial charge on any atom is -0.384 e. The Morgan fingerprint density at radius 2 is 1.62 bits per heavy atom. The van der Waals surface area contributed by atoms with Gasteiger partial charge in [-0.25, -0.2) is 16.8 Å². The first-order valence-electron chi connectivity index (χ1n) is 7.70. The quantitative estimate of drug-likeness (QED) is 0.667. The van der Waals surface area contributed by atoms with Crippen LogP contribution in [0, 0.1) is 0 Å². The number of hydrogen-bond donors (Lipinski definition) is 1. The summed E-state index contributed by atoms with van der Waals surface area (Å²) in [6, 6.07) is 9.35. The summed E-state index contributed by atoms with van der Waals surface area (Å²) in [6.45, 7) is 0.500. The number of hydrogen-bond acceptors (Lipinski definition) is 5.